The lowest BCUT2D eigenvalue weighted by Gasteiger charge is -2.22. The number of carbonyl (C=O) groups excluding carboxylic acids is 1. The zero-order valence-electron chi connectivity index (χ0n) is 13.8. The van der Waals surface area contributed by atoms with Crippen LogP contribution in [0.25, 0.3) is 0 Å². The average Bonchev–Trinajstić information content (AvgIpc) is 2.90. The molecule has 8 heteroatoms. The predicted molar refractivity (Wildman–Crippen MR) is 83.2 cm³/mol. The Labute approximate surface area is 138 Å². The summed E-state index contributed by atoms with van der Waals surface area (Å²) in [6.45, 7) is 6.38. The average molecular weight is 346 g/mol. The monoisotopic (exact) mass is 346 g/mol. The summed E-state index contributed by atoms with van der Waals surface area (Å²) in [7, 11) is 0. The molecular formula is C16H21F3N2O3. The molecule has 1 unspecified atom stereocenters. The molecule has 1 aliphatic heterocycles. The van der Waals surface area contributed by atoms with Crippen molar-refractivity contribution >= 4 is 11.8 Å². The van der Waals surface area contributed by atoms with Crippen molar-refractivity contribution in [3.63, 3.8) is 0 Å². The first-order valence-corrected chi connectivity index (χ1v) is 7.63. The first-order chi connectivity index (χ1) is 11.0. The van der Waals surface area contributed by atoms with E-state index in [2.05, 4.69) is 10.6 Å². The van der Waals surface area contributed by atoms with Gasteiger partial charge < -0.3 is 14.8 Å². The van der Waals surface area contributed by atoms with Crippen LogP contribution >= 0.6 is 0 Å². The summed E-state index contributed by atoms with van der Waals surface area (Å²) in [6.07, 6.45) is -4.76. The van der Waals surface area contributed by atoms with Gasteiger partial charge in [0.05, 0.1) is 11.3 Å². The number of hydrogen-bond donors (Lipinski definition) is 2. The van der Waals surface area contributed by atoms with E-state index in [4.69, 9.17) is 9.47 Å². The highest BCUT2D eigenvalue weighted by atomic mass is 19.4. The smallest absolute Gasteiger partial charge is 0.416 e. The van der Waals surface area contributed by atoms with Crippen molar-refractivity contribution in [2.45, 2.75) is 45.1 Å². The van der Waals surface area contributed by atoms with Gasteiger partial charge in [-0.3, -0.25) is 5.32 Å². The molecule has 5 nitrogen and oxygen atoms in total. The van der Waals surface area contributed by atoms with Crippen LogP contribution in [0.15, 0.2) is 18.2 Å². The maximum Gasteiger partial charge on any atom is 0.416 e. The molecule has 0 saturated carbocycles. The molecule has 1 heterocycles. The number of carbonyl (C=O) groups is 1. The van der Waals surface area contributed by atoms with Crippen LogP contribution in [0.3, 0.4) is 0 Å². The van der Waals surface area contributed by atoms with Crippen LogP contribution in [0, 0.1) is 0 Å². The Balaban J connectivity index is 2.23. The van der Waals surface area contributed by atoms with Gasteiger partial charge in [0, 0.05) is 6.54 Å². The van der Waals surface area contributed by atoms with Gasteiger partial charge in [-0.1, -0.05) is 0 Å². The van der Waals surface area contributed by atoms with Gasteiger partial charge >= 0.3 is 12.3 Å². The number of ether oxygens (including phenoxy) is 2. The Kier molecular flexibility index (Phi) is 5.27. The molecule has 0 aromatic heterocycles. The van der Waals surface area contributed by atoms with Crippen molar-refractivity contribution < 1.29 is 27.4 Å². The lowest BCUT2D eigenvalue weighted by atomic mass is 10.1. The number of benzene rings is 1. The molecule has 1 atom stereocenters. The maximum atomic E-state index is 12.9. The zero-order chi connectivity index (χ0) is 18.0. The van der Waals surface area contributed by atoms with E-state index in [-0.39, 0.29) is 17.5 Å². The summed E-state index contributed by atoms with van der Waals surface area (Å²) in [5.41, 5.74) is -1.70. The van der Waals surface area contributed by atoms with E-state index in [0.29, 0.717) is 6.54 Å². The highest BCUT2D eigenvalue weighted by Crippen LogP contribution is 2.36. The summed E-state index contributed by atoms with van der Waals surface area (Å²) in [5, 5.41) is 5.45. The number of amides is 1. The van der Waals surface area contributed by atoms with Gasteiger partial charge in [-0.2, -0.15) is 13.2 Å². The van der Waals surface area contributed by atoms with E-state index in [1.165, 1.54) is 6.07 Å². The second-order valence-corrected chi connectivity index (χ2v) is 6.57. The summed E-state index contributed by atoms with van der Waals surface area (Å²) in [6, 6.07) is 2.99. The Hall–Kier alpha value is -1.96. The van der Waals surface area contributed by atoms with Gasteiger partial charge in [-0.25, -0.2) is 4.79 Å². The molecule has 1 saturated heterocycles. The Bertz CT molecular complexity index is 591. The molecular weight excluding hydrogens is 325 g/mol. The normalized spacial score (nSPS) is 18.3. The first-order valence-electron chi connectivity index (χ1n) is 7.63. The topological polar surface area (TPSA) is 59.6 Å². The predicted octanol–water partition coefficient (Wildman–Crippen LogP) is 3.79. The summed E-state index contributed by atoms with van der Waals surface area (Å²) >= 11 is 0. The molecule has 2 rings (SSSR count). The second kappa shape index (κ2) is 6.88. The van der Waals surface area contributed by atoms with Crippen molar-refractivity contribution in [3.8, 4) is 5.75 Å². The fourth-order valence-corrected chi connectivity index (χ4v) is 2.23. The van der Waals surface area contributed by atoms with E-state index in [9.17, 15) is 18.0 Å². The molecule has 1 aliphatic rings. The Morgan fingerprint density at radius 3 is 2.54 bits per heavy atom. The first kappa shape index (κ1) is 18.4. The minimum atomic E-state index is -4.52. The van der Waals surface area contributed by atoms with Gasteiger partial charge in [0.25, 0.3) is 0 Å². The van der Waals surface area contributed by atoms with Crippen molar-refractivity contribution in [1.29, 1.82) is 0 Å². The van der Waals surface area contributed by atoms with Crippen molar-refractivity contribution in [2.75, 3.05) is 18.4 Å². The van der Waals surface area contributed by atoms with E-state index >= 15 is 0 Å². The lowest BCUT2D eigenvalue weighted by Crippen LogP contribution is -2.28. The fourth-order valence-electron chi connectivity index (χ4n) is 2.23. The van der Waals surface area contributed by atoms with Crippen LogP contribution in [0.5, 0.6) is 5.75 Å². The minimum Gasteiger partial charge on any atom is -0.487 e. The molecule has 1 amide bonds. The van der Waals surface area contributed by atoms with Gasteiger partial charge in [0.1, 0.15) is 17.5 Å². The molecule has 134 valence electrons. The number of rotatable bonds is 3. The van der Waals surface area contributed by atoms with Crippen LogP contribution in [0.1, 0.15) is 32.8 Å². The number of alkyl halides is 3. The molecule has 0 spiro atoms. The quantitative estimate of drug-likeness (QED) is 0.874. The van der Waals surface area contributed by atoms with Crippen molar-refractivity contribution in [1.82, 2.24) is 5.32 Å². The minimum absolute atomic E-state index is 0.0639. The van der Waals surface area contributed by atoms with Gasteiger partial charge in [0.15, 0.2) is 0 Å². The highest BCUT2D eigenvalue weighted by molar-refractivity contribution is 5.87. The number of nitrogens with one attached hydrogen (secondary N) is 2. The van der Waals surface area contributed by atoms with Crippen molar-refractivity contribution in [3.05, 3.63) is 23.8 Å². The van der Waals surface area contributed by atoms with Crippen LogP contribution in [0.4, 0.5) is 23.7 Å². The van der Waals surface area contributed by atoms with E-state index in [0.717, 1.165) is 25.1 Å². The van der Waals surface area contributed by atoms with Crippen LogP contribution in [-0.4, -0.2) is 30.9 Å². The third-order valence-electron chi connectivity index (χ3n) is 3.25. The summed E-state index contributed by atoms with van der Waals surface area (Å²) in [5.74, 6) is 0.183. The number of anilines is 1. The standard InChI is InChI=1S/C16H21F3N2O3/c1-15(2,3)24-14(22)21-12-8-10(16(17,18)19)4-5-13(12)23-11-6-7-20-9-11/h4-5,8,11,20H,6-7,9H2,1-3H3,(H,21,22). The summed E-state index contributed by atoms with van der Waals surface area (Å²) < 4.78 is 49.6. The third kappa shape index (κ3) is 5.30. The maximum absolute atomic E-state index is 12.9. The SMILES string of the molecule is CC(C)(C)OC(=O)Nc1cc(C(F)(F)F)ccc1OC1CCNC1. The molecule has 0 bridgehead atoms. The van der Waals surface area contributed by atoms with Crippen LogP contribution < -0.4 is 15.4 Å². The fraction of sp³-hybridized carbons (Fsp3) is 0.562. The number of hydrogen-bond acceptors (Lipinski definition) is 4. The molecule has 2 N–H and O–H groups in total. The zero-order valence-corrected chi connectivity index (χ0v) is 13.8. The Morgan fingerprint density at radius 1 is 1.29 bits per heavy atom. The largest absolute Gasteiger partial charge is 0.487 e. The summed E-state index contributed by atoms with van der Waals surface area (Å²) in [4.78, 5) is 11.9. The van der Waals surface area contributed by atoms with Crippen LogP contribution in [-0.2, 0) is 10.9 Å². The molecule has 0 radical (unpaired) electrons. The molecule has 1 aromatic rings. The van der Waals surface area contributed by atoms with E-state index in [1.54, 1.807) is 20.8 Å². The molecule has 1 fully saturated rings. The van der Waals surface area contributed by atoms with E-state index in [1.807, 2.05) is 0 Å². The molecule has 1 aromatic carbocycles. The van der Waals surface area contributed by atoms with Gasteiger partial charge in [-0.15, -0.1) is 0 Å². The van der Waals surface area contributed by atoms with Crippen LogP contribution in [0.2, 0.25) is 0 Å². The van der Waals surface area contributed by atoms with Crippen molar-refractivity contribution in [2.24, 2.45) is 0 Å². The number of halogens is 3. The second-order valence-electron chi connectivity index (χ2n) is 6.57. The van der Waals surface area contributed by atoms with Gasteiger partial charge in [-0.05, 0) is 51.9 Å². The van der Waals surface area contributed by atoms with E-state index < -0.39 is 23.4 Å². The lowest BCUT2D eigenvalue weighted by molar-refractivity contribution is -0.137. The third-order valence-corrected chi connectivity index (χ3v) is 3.25. The van der Waals surface area contributed by atoms with Gasteiger partial charge in [0.2, 0.25) is 0 Å². The molecule has 24 heavy (non-hydrogen) atoms. The molecule has 0 aliphatic carbocycles. The Morgan fingerprint density at radius 2 is 2.00 bits per heavy atom. The highest BCUT2D eigenvalue weighted by Gasteiger charge is 2.32.